The summed E-state index contributed by atoms with van der Waals surface area (Å²) in [7, 11) is 0. The van der Waals surface area contributed by atoms with E-state index in [0.29, 0.717) is 16.6 Å². The number of carbonyl (C=O) groups excluding carboxylic acids is 1. The van der Waals surface area contributed by atoms with Crippen molar-refractivity contribution < 1.29 is 13.6 Å². The van der Waals surface area contributed by atoms with E-state index >= 15 is 0 Å². The van der Waals surface area contributed by atoms with Crippen LogP contribution in [0.15, 0.2) is 46.9 Å². The van der Waals surface area contributed by atoms with E-state index in [-0.39, 0.29) is 17.1 Å². The average molecular weight is 269 g/mol. The van der Waals surface area contributed by atoms with Gasteiger partial charge in [-0.3, -0.25) is 4.79 Å². The van der Waals surface area contributed by atoms with Crippen molar-refractivity contribution in [2.75, 3.05) is 5.73 Å². The van der Waals surface area contributed by atoms with E-state index in [1.165, 1.54) is 12.1 Å². The summed E-state index contributed by atoms with van der Waals surface area (Å²) < 4.78 is 18.9. The van der Waals surface area contributed by atoms with Crippen LogP contribution in [-0.2, 0) is 0 Å². The fourth-order valence-corrected chi connectivity index (χ4v) is 2.06. The Morgan fingerprint density at radius 1 is 1.20 bits per heavy atom. The number of aryl methyl sites for hydroxylation is 1. The maximum atomic E-state index is 13.6. The zero-order valence-corrected chi connectivity index (χ0v) is 10.8. The lowest BCUT2D eigenvalue weighted by atomic mass is 10.1. The fraction of sp³-hybridized carbons (Fsp3) is 0.0625. The number of fused-ring (bicyclic) bond motifs is 1. The number of para-hydroxylation sites is 1. The van der Waals surface area contributed by atoms with Gasteiger partial charge in [-0.1, -0.05) is 24.3 Å². The number of hydrogen-bond acceptors (Lipinski definition) is 3. The van der Waals surface area contributed by atoms with Gasteiger partial charge in [-0.05, 0) is 30.7 Å². The van der Waals surface area contributed by atoms with Gasteiger partial charge in [-0.2, -0.15) is 0 Å². The molecular formula is C16H12FNO2. The Morgan fingerprint density at radius 3 is 2.70 bits per heavy atom. The number of anilines is 1. The summed E-state index contributed by atoms with van der Waals surface area (Å²) in [5.41, 5.74) is 7.75. The maximum absolute atomic E-state index is 13.6. The molecule has 20 heavy (non-hydrogen) atoms. The highest BCUT2D eigenvalue weighted by Gasteiger charge is 2.16. The Labute approximate surface area is 114 Å². The van der Waals surface area contributed by atoms with Crippen LogP contribution in [0.5, 0.6) is 0 Å². The smallest absolute Gasteiger partial charge is 0.228 e. The second kappa shape index (κ2) is 4.49. The van der Waals surface area contributed by atoms with E-state index < -0.39 is 5.82 Å². The zero-order chi connectivity index (χ0) is 14.3. The maximum Gasteiger partial charge on any atom is 0.228 e. The van der Waals surface area contributed by atoms with Gasteiger partial charge >= 0.3 is 0 Å². The first-order valence-electron chi connectivity index (χ1n) is 6.15. The van der Waals surface area contributed by atoms with Crippen LogP contribution in [0, 0.1) is 12.7 Å². The van der Waals surface area contributed by atoms with Gasteiger partial charge in [0.2, 0.25) is 5.78 Å². The highest BCUT2D eigenvalue weighted by molar-refractivity contribution is 6.09. The van der Waals surface area contributed by atoms with Crippen molar-refractivity contribution >= 4 is 22.4 Å². The van der Waals surface area contributed by atoms with Gasteiger partial charge in [0.15, 0.2) is 17.2 Å². The number of halogens is 1. The molecule has 0 saturated carbocycles. The number of nitrogens with two attached hydrogens (primary N) is 1. The number of ketones is 1. The summed E-state index contributed by atoms with van der Waals surface area (Å²) in [4.78, 5) is 12.3. The third-order valence-electron chi connectivity index (χ3n) is 3.26. The van der Waals surface area contributed by atoms with Gasteiger partial charge in [0.05, 0.1) is 0 Å². The molecule has 0 aliphatic rings. The summed E-state index contributed by atoms with van der Waals surface area (Å²) in [5, 5.41) is 0.563. The normalized spacial score (nSPS) is 10.9. The second-order valence-corrected chi connectivity index (χ2v) is 4.67. The summed E-state index contributed by atoms with van der Waals surface area (Å²) in [6.07, 6.45) is 0. The van der Waals surface area contributed by atoms with Gasteiger partial charge in [0.25, 0.3) is 0 Å². The molecule has 1 heterocycles. The molecule has 3 rings (SSSR count). The van der Waals surface area contributed by atoms with Crippen LogP contribution < -0.4 is 5.73 Å². The molecule has 0 aliphatic carbocycles. The van der Waals surface area contributed by atoms with Crippen molar-refractivity contribution in [3.8, 4) is 0 Å². The van der Waals surface area contributed by atoms with Crippen molar-refractivity contribution in [2.24, 2.45) is 0 Å². The van der Waals surface area contributed by atoms with Crippen molar-refractivity contribution in [3.05, 3.63) is 65.2 Å². The van der Waals surface area contributed by atoms with Crippen LogP contribution in [0.2, 0.25) is 0 Å². The largest absolute Gasteiger partial charge is 0.449 e. The molecule has 0 bridgehead atoms. The predicted octanol–water partition coefficient (Wildman–Crippen LogP) is 3.69. The Kier molecular flexibility index (Phi) is 2.79. The van der Waals surface area contributed by atoms with Gasteiger partial charge in [0.1, 0.15) is 0 Å². The van der Waals surface area contributed by atoms with Crippen molar-refractivity contribution in [2.45, 2.75) is 6.92 Å². The first kappa shape index (κ1) is 12.4. The number of benzene rings is 2. The third kappa shape index (κ3) is 1.95. The molecule has 0 atom stereocenters. The monoisotopic (exact) mass is 269 g/mol. The number of rotatable bonds is 2. The van der Waals surface area contributed by atoms with Crippen LogP contribution in [0.1, 0.15) is 21.7 Å². The molecule has 0 saturated heterocycles. The average Bonchev–Trinajstić information content (AvgIpc) is 2.86. The Morgan fingerprint density at radius 2 is 2.00 bits per heavy atom. The van der Waals surface area contributed by atoms with Crippen LogP contribution in [0.3, 0.4) is 0 Å². The van der Waals surface area contributed by atoms with E-state index in [2.05, 4.69) is 0 Å². The molecule has 2 aromatic carbocycles. The molecule has 2 N–H and O–H groups in total. The van der Waals surface area contributed by atoms with Gasteiger partial charge < -0.3 is 10.2 Å². The molecular weight excluding hydrogens is 257 g/mol. The molecule has 0 fully saturated rings. The molecule has 100 valence electrons. The lowest BCUT2D eigenvalue weighted by Gasteiger charge is -2.02. The second-order valence-electron chi connectivity index (χ2n) is 4.67. The van der Waals surface area contributed by atoms with E-state index in [0.717, 1.165) is 5.56 Å². The first-order valence-corrected chi connectivity index (χ1v) is 6.15. The Hall–Kier alpha value is -2.62. The van der Waals surface area contributed by atoms with Crippen molar-refractivity contribution in [1.82, 2.24) is 0 Å². The quantitative estimate of drug-likeness (QED) is 0.570. The molecule has 0 aliphatic heterocycles. The molecule has 3 aromatic rings. The minimum absolute atomic E-state index is 0.0935. The highest BCUT2D eigenvalue weighted by Crippen LogP contribution is 2.24. The Balaban J connectivity index is 2.08. The molecule has 0 unspecified atom stereocenters. The minimum Gasteiger partial charge on any atom is -0.449 e. The van der Waals surface area contributed by atoms with Gasteiger partial charge in [-0.25, -0.2) is 4.39 Å². The molecule has 4 heteroatoms. The molecule has 0 spiro atoms. The summed E-state index contributed by atoms with van der Waals surface area (Å²) in [6, 6.07) is 11.2. The molecule has 0 radical (unpaired) electrons. The van der Waals surface area contributed by atoms with Crippen LogP contribution >= 0.6 is 0 Å². The molecule has 0 amide bonds. The van der Waals surface area contributed by atoms with Crippen LogP contribution in [0.25, 0.3) is 11.0 Å². The summed E-state index contributed by atoms with van der Waals surface area (Å²) in [5.74, 6) is -0.689. The molecule has 3 nitrogen and oxygen atoms in total. The van der Waals surface area contributed by atoms with E-state index in [1.807, 2.05) is 6.92 Å². The number of carbonyl (C=O) groups is 1. The Bertz CT molecular complexity index is 820. The number of nitrogen functional groups attached to an aromatic ring is 1. The van der Waals surface area contributed by atoms with E-state index in [4.69, 9.17) is 10.2 Å². The first-order chi connectivity index (χ1) is 9.56. The van der Waals surface area contributed by atoms with Crippen LogP contribution in [0.4, 0.5) is 10.1 Å². The SMILES string of the molecule is Cc1ccc(C(=O)c2cc3cccc(F)c3o2)cc1N. The summed E-state index contributed by atoms with van der Waals surface area (Å²) >= 11 is 0. The van der Waals surface area contributed by atoms with E-state index in [9.17, 15) is 9.18 Å². The van der Waals surface area contributed by atoms with Crippen LogP contribution in [-0.4, -0.2) is 5.78 Å². The van der Waals surface area contributed by atoms with Gasteiger partial charge in [-0.15, -0.1) is 0 Å². The zero-order valence-electron chi connectivity index (χ0n) is 10.8. The lowest BCUT2D eigenvalue weighted by molar-refractivity contribution is 0.101. The van der Waals surface area contributed by atoms with Crippen molar-refractivity contribution in [3.63, 3.8) is 0 Å². The number of hydrogen-bond donors (Lipinski definition) is 1. The van der Waals surface area contributed by atoms with Crippen molar-refractivity contribution in [1.29, 1.82) is 0 Å². The lowest BCUT2D eigenvalue weighted by Crippen LogP contribution is -2.01. The predicted molar refractivity (Wildman–Crippen MR) is 75.2 cm³/mol. The standard InChI is InChI=1S/C16H12FNO2/c1-9-5-6-10(7-13(9)18)15(19)14-8-11-3-2-4-12(17)16(11)20-14/h2-8H,18H2,1H3. The topological polar surface area (TPSA) is 56.2 Å². The fourth-order valence-electron chi connectivity index (χ4n) is 2.06. The molecule has 1 aromatic heterocycles. The summed E-state index contributed by atoms with van der Waals surface area (Å²) in [6.45, 7) is 1.86. The third-order valence-corrected chi connectivity index (χ3v) is 3.26. The van der Waals surface area contributed by atoms with E-state index in [1.54, 1.807) is 30.3 Å². The minimum atomic E-state index is -0.482. The number of furan rings is 1. The van der Waals surface area contributed by atoms with Gasteiger partial charge in [0, 0.05) is 16.6 Å². The highest BCUT2D eigenvalue weighted by atomic mass is 19.1.